The number of pyridine rings is 2. The van der Waals surface area contributed by atoms with Gasteiger partial charge in [0.1, 0.15) is 5.65 Å². The molecule has 1 aromatic carbocycles. The molecule has 0 aliphatic heterocycles. The minimum atomic E-state index is -0.0893. The Labute approximate surface area is 114 Å². The van der Waals surface area contributed by atoms with Gasteiger partial charge in [0, 0.05) is 16.5 Å². The summed E-state index contributed by atoms with van der Waals surface area (Å²) in [6.45, 7) is 4.07. The Morgan fingerprint density at radius 3 is 2.80 bits per heavy atom. The van der Waals surface area contributed by atoms with Gasteiger partial charge in [-0.25, -0.2) is 4.98 Å². The second-order valence-corrected chi connectivity index (χ2v) is 5.17. The summed E-state index contributed by atoms with van der Waals surface area (Å²) in [6.07, 6.45) is 0. The van der Waals surface area contributed by atoms with Crippen molar-refractivity contribution in [3.8, 4) is 0 Å². The molecule has 0 fully saturated rings. The van der Waals surface area contributed by atoms with Gasteiger partial charge in [0.05, 0.1) is 5.52 Å². The molecule has 0 radical (unpaired) electrons. The second-order valence-electron chi connectivity index (χ2n) is 5.17. The summed E-state index contributed by atoms with van der Waals surface area (Å²) < 4.78 is 2.09. The summed E-state index contributed by atoms with van der Waals surface area (Å²) in [7, 11) is 0. The fourth-order valence-corrected chi connectivity index (χ4v) is 2.82. The van der Waals surface area contributed by atoms with Crippen LogP contribution in [0, 0.1) is 13.8 Å². The molecular weight excluding hydrogens is 250 g/mol. The van der Waals surface area contributed by atoms with Gasteiger partial charge < -0.3 is 4.98 Å². The first-order valence-corrected chi connectivity index (χ1v) is 6.55. The zero-order valence-corrected chi connectivity index (χ0v) is 11.3. The van der Waals surface area contributed by atoms with Crippen LogP contribution in [0.5, 0.6) is 0 Å². The second kappa shape index (κ2) is 3.70. The largest absolute Gasteiger partial charge is 0.305 e. The maximum absolute atomic E-state index is 12.2. The van der Waals surface area contributed by atoms with Crippen molar-refractivity contribution in [2.75, 3.05) is 0 Å². The lowest BCUT2D eigenvalue weighted by molar-refractivity contribution is 1.13. The average molecular weight is 263 g/mol. The van der Waals surface area contributed by atoms with Crippen molar-refractivity contribution >= 4 is 27.6 Å². The third-order valence-corrected chi connectivity index (χ3v) is 3.75. The number of nitrogens with zero attached hydrogens (tertiary/aromatic N) is 2. The highest BCUT2D eigenvalue weighted by molar-refractivity contribution is 6.04. The molecule has 3 heterocycles. The number of rotatable bonds is 0. The van der Waals surface area contributed by atoms with E-state index in [0.29, 0.717) is 11.0 Å². The number of fused-ring (bicyclic) bond motifs is 5. The molecule has 4 heteroatoms. The molecule has 0 spiro atoms. The molecule has 98 valence electrons. The minimum Gasteiger partial charge on any atom is -0.305 e. The molecule has 0 atom stereocenters. The van der Waals surface area contributed by atoms with Crippen LogP contribution in [0.2, 0.25) is 0 Å². The van der Waals surface area contributed by atoms with E-state index < -0.39 is 0 Å². The molecule has 1 N–H and O–H groups in total. The van der Waals surface area contributed by atoms with Crippen LogP contribution < -0.4 is 5.56 Å². The molecule has 0 bridgehead atoms. The SMILES string of the molecule is Cc1ccc2c(=O)[nH]c3nc4cccc(C)n4c3c2c1. The van der Waals surface area contributed by atoms with E-state index in [1.807, 2.05) is 50.2 Å². The summed E-state index contributed by atoms with van der Waals surface area (Å²) in [5, 5.41) is 1.65. The standard InChI is InChI=1S/C16H13N3O/c1-9-6-7-11-12(8-9)14-15(18-16(11)20)17-13-5-3-4-10(2)19(13)14/h3-8H,1-2H3,(H,18,20). The third kappa shape index (κ3) is 1.36. The van der Waals surface area contributed by atoms with Crippen LogP contribution in [0.25, 0.3) is 27.6 Å². The van der Waals surface area contributed by atoms with Crippen LogP contribution in [0.15, 0.2) is 41.2 Å². The van der Waals surface area contributed by atoms with Crippen LogP contribution in [0.4, 0.5) is 0 Å². The molecule has 0 amide bonds. The van der Waals surface area contributed by atoms with E-state index in [9.17, 15) is 4.79 Å². The summed E-state index contributed by atoms with van der Waals surface area (Å²) in [6, 6.07) is 11.9. The predicted molar refractivity (Wildman–Crippen MR) is 80.3 cm³/mol. The molecule has 0 aliphatic carbocycles. The third-order valence-electron chi connectivity index (χ3n) is 3.75. The number of nitrogens with one attached hydrogen (secondary N) is 1. The van der Waals surface area contributed by atoms with Gasteiger partial charge in [-0.15, -0.1) is 0 Å². The topological polar surface area (TPSA) is 50.2 Å². The Balaban J connectivity index is 2.42. The molecule has 4 nitrogen and oxygen atoms in total. The lowest BCUT2D eigenvalue weighted by Crippen LogP contribution is -2.06. The number of hydrogen-bond acceptors (Lipinski definition) is 2. The quantitative estimate of drug-likeness (QED) is 0.530. The van der Waals surface area contributed by atoms with Gasteiger partial charge in [0.2, 0.25) is 0 Å². The van der Waals surface area contributed by atoms with Gasteiger partial charge in [-0.2, -0.15) is 0 Å². The van der Waals surface area contributed by atoms with Crippen molar-refractivity contribution in [1.29, 1.82) is 0 Å². The number of H-pyrrole nitrogens is 1. The van der Waals surface area contributed by atoms with Gasteiger partial charge in [0.15, 0.2) is 5.65 Å². The van der Waals surface area contributed by atoms with Gasteiger partial charge in [-0.1, -0.05) is 17.7 Å². The zero-order chi connectivity index (χ0) is 13.9. The van der Waals surface area contributed by atoms with Crippen LogP contribution in [-0.2, 0) is 0 Å². The molecule has 4 rings (SSSR count). The van der Waals surface area contributed by atoms with E-state index in [1.54, 1.807) is 0 Å². The molecule has 0 aliphatic rings. The fraction of sp³-hybridized carbons (Fsp3) is 0.125. The van der Waals surface area contributed by atoms with Crippen LogP contribution in [-0.4, -0.2) is 14.4 Å². The molecule has 0 saturated carbocycles. The fourth-order valence-electron chi connectivity index (χ4n) is 2.82. The highest BCUT2D eigenvalue weighted by Gasteiger charge is 2.12. The van der Waals surface area contributed by atoms with E-state index in [4.69, 9.17) is 0 Å². The van der Waals surface area contributed by atoms with Gasteiger partial charge in [-0.3, -0.25) is 9.20 Å². The first kappa shape index (κ1) is 11.2. The maximum atomic E-state index is 12.2. The summed E-state index contributed by atoms with van der Waals surface area (Å²) in [5.41, 5.74) is 4.60. The summed E-state index contributed by atoms with van der Waals surface area (Å²) in [4.78, 5) is 19.6. The van der Waals surface area contributed by atoms with E-state index in [0.717, 1.165) is 27.8 Å². The van der Waals surface area contributed by atoms with Crippen LogP contribution >= 0.6 is 0 Å². The van der Waals surface area contributed by atoms with Crippen molar-refractivity contribution in [1.82, 2.24) is 14.4 Å². The Morgan fingerprint density at radius 2 is 1.95 bits per heavy atom. The van der Waals surface area contributed by atoms with Crippen molar-refractivity contribution in [2.45, 2.75) is 13.8 Å². The molecule has 3 aromatic heterocycles. The first-order valence-electron chi connectivity index (χ1n) is 6.55. The minimum absolute atomic E-state index is 0.0893. The number of imidazole rings is 1. The van der Waals surface area contributed by atoms with Crippen LogP contribution in [0.3, 0.4) is 0 Å². The number of aromatic amines is 1. The lowest BCUT2D eigenvalue weighted by Gasteiger charge is -2.04. The van der Waals surface area contributed by atoms with Crippen molar-refractivity contribution < 1.29 is 0 Å². The van der Waals surface area contributed by atoms with E-state index in [2.05, 4.69) is 14.4 Å². The van der Waals surface area contributed by atoms with Gasteiger partial charge >= 0.3 is 0 Å². The Morgan fingerprint density at radius 1 is 1.10 bits per heavy atom. The summed E-state index contributed by atoms with van der Waals surface area (Å²) >= 11 is 0. The van der Waals surface area contributed by atoms with Crippen molar-refractivity contribution in [3.63, 3.8) is 0 Å². The molecule has 0 saturated heterocycles. The molecular formula is C16H13N3O. The summed E-state index contributed by atoms with van der Waals surface area (Å²) in [5.74, 6) is 0. The Hall–Kier alpha value is -2.62. The smallest absolute Gasteiger partial charge is 0.257 e. The normalized spacial score (nSPS) is 11.7. The highest BCUT2D eigenvalue weighted by atomic mass is 16.1. The number of aromatic nitrogens is 3. The van der Waals surface area contributed by atoms with E-state index in [-0.39, 0.29) is 5.56 Å². The molecule has 0 unspecified atom stereocenters. The van der Waals surface area contributed by atoms with Gasteiger partial charge in [-0.05, 0) is 38.1 Å². The van der Waals surface area contributed by atoms with E-state index in [1.165, 1.54) is 0 Å². The van der Waals surface area contributed by atoms with Crippen LogP contribution in [0.1, 0.15) is 11.3 Å². The first-order chi connectivity index (χ1) is 9.65. The number of benzene rings is 1. The number of hydrogen-bond donors (Lipinski definition) is 1. The Bertz CT molecular complexity index is 1040. The lowest BCUT2D eigenvalue weighted by atomic mass is 10.1. The van der Waals surface area contributed by atoms with Crippen molar-refractivity contribution in [3.05, 3.63) is 58.0 Å². The van der Waals surface area contributed by atoms with E-state index >= 15 is 0 Å². The molecule has 20 heavy (non-hydrogen) atoms. The van der Waals surface area contributed by atoms with Crippen molar-refractivity contribution in [2.24, 2.45) is 0 Å². The zero-order valence-electron chi connectivity index (χ0n) is 11.3. The highest BCUT2D eigenvalue weighted by Crippen LogP contribution is 2.24. The predicted octanol–water partition coefficient (Wildman–Crippen LogP) is 2.95. The number of aryl methyl sites for hydroxylation is 2. The maximum Gasteiger partial charge on any atom is 0.257 e. The molecule has 4 aromatic rings. The average Bonchev–Trinajstić information content (AvgIpc) is 2.78. The van der Waals surface area contributed by atoms with Gasteiger partial charge in [0.25, 0.3) is 5.56 Å². The Kier molecular flexibility index (Phi) is 2.07. The monoisotopic (exact) mass is 263 g/mol.